The summed E-state index contributed by atoms with van der Waals surface area (Å²) in [6.07, 6.45) is 0. The molecule has 0 heterocycles. The molecule has 0 unspecified atom stereocenters. The molecule has 1 atom stereocenters. The van der Waals surface area contributed by atoms with Gasteiger partial charge in [0.25, 0.3) is 0 Å². The molecule has 2 aromatic rings. The molecule has 2 rings (SSSR count). The first-order chi connectivity index (χ1) is 12.0. The van der Waals surface area contributed by atoms with Gasteiger partial charge in [-0.3, -0.25) is 0 Å². The second-order valence-electron chi connectivity index (χ2n) is 7.15. The van der Waals surface area contributed by atoms with Crippen LogP contribution in [0.1, 0.15) is 49.7 Å². The third-order valence-electron chi connectivity index (χ3n) is 3.63. The van der Waals surface area contributed by atoms with Crippen LogP contribution in [0.5, 0.6) is 0 Å². The number of carbonyl (C=O) groups is 1. The van der Waals surface area contributed by atoms with E-state index in [1.807, 2.05) is 37.3 Å². The number of carboxylic acid groups (broad SMARTS) is 1. The van der Waals surface area contributed by atoms with E-state index in [9.17, 15) is 18.3 Å². The number of aromatic carboxylic acids is 1. The Hall–Kier alpha value is -2.38. The summed E-state index contributed by atoms with van der Waals surface area (Å²) < 4.78 is 28.2. The standard InChI is InChI=1S/C19H24N2O4S/c1-13(14-8-6-5-7-9-14)20-16-11-10-15(18(22)23)12-17(16)26(24,25)21-19(2,3)4/h5-13,20-21H,1-4H3,(H,22,23)/t13-/m1/s1. The molecule has 0 amide bonds. The normalized spacial score (nSPS) is 13.2. The third kappa shape index (κ3) is 5.06. The van der Waals surface area contributed by atoms with Crippen molar-refractivity contribution in [2.75, 3.05) is 5.32 Å². The number of hydrogen-bond acceptors (Lipinski definition) is 4. The molecule has 0 spiro atoms. The van der Waals surface area contributed by atoms with Crippen molar-refractivity contribution in [1.29, 1.82) is 0 Å². The summed E-state index contributed by atoms with van der Waals surface area (Å²) in [7, 11) is -3.91. The van der Waals surface area contributed by atoms with E-state index in [1.165, 1.54) is 18.2 Å². The van der Waals surface area contributed by atoms with E-state index in [4.69, 9.17) is 0 Å². The smallest absolute Gasteiger partial charge is 0.335 e. The molecule has 0 aliphatic rings. The van der Waals surface area contributed by atoms with E-state index in [-0.39, 0.29) is 16.5 Å². The SMILES string of the molecule is C[C@@H](Nc1ccc(C(=O)O)cc1S(=O)(=O)NC(C)(C)C)c1ccccc1. The van der Waals surface area contributed by atoms with E-state index in [0.717, 1.165) is 5.56 Å². The number of hydrogen-bond donors (Lipinski definition) is 3. The van der Waals surface area contributed by atoms with Crippen LogP contribution in [0.2, 0.25) is 0 Å². The third-order valence-corrected chi connectivity index (χ3v) is 5.43. The Morgan fingerprint density at radius 1 is 1.08 bits per heavy atom. The highest BCUT2D eigenvalue weighted by atomic mass is 32.2. The number of sulfonamides is 1. The van der Waals surface area contributed by atoms with Gasteiger partial charge in [0.15, 0.2) is 0 Å². The van der Waals surface area contributed by atoms with E-state index in [0.29, 0.717) is 5.69 Å². The quantitative estimate of drug-likeness (QED) is 0.715. The van der Waals surface area contributed by atoms with E-state index in [2.05, 4.69) is 10.0 Å². The van der Waals surface area contributed by atoms with Crippen LogP contribution >= 0.6 is 0 Å². The number of anilines is 1. The summed E-state index contributed by atoms with van der Waals surface area (Å²) >= 11 is 0. The van der Waals surface area contributed by atoms with Crippen molar-refractivity contribution < 1.29 is 18.3 Å². The zero-order chi connectivity index (χ0) is 19.5. The molecule has 7 heteroatoms. The maximum absolute atomic E-state index is 12.8. The Labute approximate surface area is 154 Å². The number of benzene rings is 2. The zero-order valence-corrected chi connectivity index (χ0v) is 16.1. The van der Waals surface area contributed by atoms with Crippen molar-refractivity contribution >= 4 is 21.7 Å². The molecule has 26 heavy (non-hydrogen) atoms. The van der Waals surface area contributed by atoms with Gasteiger partial charge in [-0.05, 0) is 51.5 Å². The Bertz CT molecular complexity index is 888. The zero-order valence-electron chi connectivity index (χ0n) is 15.3. The Morgan fingerprint density at radius 3 is 2.23 bits per heavy atom. The minimum atomic E-state index is -3.91. The van der Waals surface area contributed by atoms with Gasteiger partial charge in [0.2, 0.25) is 10.0 Å². The van der Waals surface area contributed by atoms with Gasteiger partial charge in [-0.25, -0.2) is 17.9 Å². The fraction of sp³-hybridized carbons (Fsp3) is 0.316. The highest BCUT2D eigenvalue weighted by Gasteiger charge is 2.26. The molecule has 3 N–H and O–H groups in total. The van der Waals surface area contributed by atoms with Crippen molar-refractivity contribution in [3.05, 3.63) is 59.7 Å². The lowest BCUT2D eigenvalue weighted by molar-refractivity contribution is 0.0696. The lowest BCUT2D eigenvalue weighted by Crippen LogP contribution is -2.40. The molecule has 0 aromatic heterocycles. The summed E-state index contributed by atoms with van der Waals surface area (Å²) in [5, 5.41) is 12.4. The van der Waals surface area contributed by atoms with Gasteiger partial charge in [0.05, 0.1) is 11.3 Å². The van der Waals surface area contributed by atoms with Gasteiger partial charge in [0.1, 0.15) is 4.90 Å². The average Bonchev–Trinajstić information content (AvgIpc) is 2.53. The molecule has 6 nitrogen and oxygen atoms in total. The first kappa shape index (κ1) is 19.9. The van der Waals surface area contributed by atoms with Gasteiger partial charge in [-0.2, -0.15) is 0 Å². The van der Waals surface area contributed by atoms with Gasteiger partial charge >= 0.3 is 5.97 Å². The first-order valence-electron chi connectivity index (χ1n) is 8.22. The summed E-state index contributed by atoms with van der Waals surface area (Å²) in [5.74, 6) is -1.18. The Kier molecular flexibility index (Phi) is 5.73. The summed E-state index contributed by atoms with van der Waals surface area (Å²) in [5.41, 5.74) is 0.558. The van der Waals surface area contributed by atoms with Crippen LogP contribution in [-0.2, 0) is 10.0 Å². The predicted octanol–water partition coefficient (Wildman–Crippen LogP) is 3.63. The molecule has 140 valence electrons. The molecular formula is C19H24N2O4S. The number of rotatable bonds is 6. The monoisotopic (exact) mass is 376 g/mol. The maximum Gasteiger partial charge on any atom is 0.335 e. The minimum Gasteiger partial charge on any atom is -0.478 e. The van der Waals surface area contributed by atoms with Crippen LogP contribution in [0.25, 0.3) is 0 Å². The Morgan fingerprint density at radius 2 is 1.69 bits per heavy atom. The van der Waals surface area contributed by atoms with Gasteiger partial charge in [-0.15, -0.1) is 0 Å². The van der Waals surface area contributed by atoms with Crippen LogP contribution in [0.3, 0.4) is 0 Å². The van der Waals surface area contributed by atoms with Crippen LogP contribution in [0, 0.1) is 0 Å². The van der Waals surface area contributed by atoms with Gasteiger partial charge in [-0.1, -0.05) is 30.3 Å². The molecule has 0 aliphatic carbocycles. The maximum atomic E-state index is 12.8. The second-order valence-corrected chi connectivity index (χ2v) is 8.80. The highest BCUT2D eigenvalue weighted by molar-refractivity contribution is 7.89. The minimum absolute atomic E-state index is 0.0859. The van der Waals surface area contributed by atoms with E-state index >= 15 is 0 Å². The van der Waals surface area contributed by atoms with Crippen molar-refractivity contribution in [2.24, 2.45) is 0 Å². The van der Waals surface area contributed by atoms with Crippen LogP contribution in [-0.4, -0.2) is 25.0 Å². The lowest BCUT2D eigenvalue weighted by atomic mass is 10.1. The molecule has 0 saturated carbocycles. The average molecular weight is 376 g/mol. The molecule has 0 aliphatic heterocycles. The molecule has 0 bridgehead atoms. The van der Waals surface area contributed by atoms with Gasteiger partial charge in [0, 0.05) is 11.6 Å². The van der Waals surface area contributed by atoms with E-state index < -0.39 is 21.5 Å². The predicted molar refractivity (Wildman–Crippen MR) is 102 cm³/mol. The van der Waals surface area contributed by atoms with Crippen molar-refractivity contribution in [2.45, 2.75) is 44.2 Å². The number of nitrogens with one attached hydrogen (secondary N) is 2. The number of carboxylic acids is 1. The molecule has 2 aromatic carbocycles. The summed E-state index contributed by atoms with van der Waals surface area (Å²) in [6.45, 7) is 7.09. The highest BCUT2D eigenvalue weighted by Crippen LogP contribution is 2.28. The van der Waals surface area contributed by atoms with Crippen LogP contribution in [0.4, 0.5) is 5.69 Å². The molecule has 0 fully saturated rings. The first-order valence-corrected chi connectivity index (χ1v) is 9.71. The van der Waals surface area contributed by atoms with Crippen LogP contribution < -0.4 is 10.0 Å². The van der Waals surface area contributed by atoms with E-state index in [1.54, 1.807) is 20.8 Å². The van der Waals surface area contributed by atoms with Crippen LogP contribution in [0.15, 0.2) is 53.4 Å². The fourth-order valence-corrected chi connectivity index (χ4v) is 4.13. The largest absolute Gasteiger partial charge is 0.478 e. The molecule has 0 saturated heterocycles. The van der Waals surface area contributed by atoms with Crippen molar-refractivity contribution in [1.82, 2.24) is 4.72 Å². The Balaban J connectivity index is 2.47. The second kappa shape index (κ2) is 7.47. The lowest BCUT2D eigenvalue weighted by Gasteiger charge is -2.23. The molecular weight excluding hydrogens is 352 g/mol. The molecule has 0 radical (unpaired) electrons. The summed E-state index contributed by atoms with van der Waals surface area (Å²) in [4.78, 5) is 11.2. The van der Waals surface area contributed by atoms with Crippen molar-refractivity contribution in [3.8, 4) is 0 Å². The summed E-state index contributed by atoms with van der Waals surface area (Å²) in [6, 6.07) is 13.5. The topological polar surface area (TPSA) is 95.5 Å². The van der Waals surface area contributed by atoms with Crippen molar-refractivity contribution in [3.63, 3.8) is 0 Å². The van der Waals surface area contributed by atoms with Gasteiger partial charge < -0.3 is 10.4 Å². The fourth-order valence-electron chi connectivity index (χ4n) is 2.51.